The number of benzene rings is 1. The first-order valence-corrected chi connectivity index (χ1v) is 8.47. The Kier molecular flexibility index (Phi) is 4.67. The number of aliphatic hydroxyl groups is 1. The van der Waals surface area contributed by atoms with E-state index in [1.54, 1.807) is 31.2 Å². The van der Waals surface area contributed by atoms with Crippen LogP contribution in [0.25, 0.3) is 0 Å². The van der Waals surface area contributed by atoms with Gasteiger partial charge in [0.25, 0.3) is 0 Å². The standard InChI is InChI=1S/C14H21NO4S/c1-2-20(17,18)13-5-3-12(4-6-13)15-11-14(16)7-9-19-10-8-14/h3-6,15-16H,2,7-11H2,1H3. The van der Waals surface area contributed by atoms with Gasteiger partial charge in [0, 0.05) is 38.3 Å². The topological polar surface area (TPSA) is 75.6 Å². The number of ether oxygens (including phenoxy) is 1. The first-order chi connectivity index (χ1) is 9.45. The van der Waals surface area contributed by atoms with Crippen molar-refractivity contribution in [3.63, 3.8) is 0 Å². The molecule has 1 aliphatic heterocycles. The molecular formula is C14H21NO4S. The van der Waals surface area contributed by atoms with E-state index in [0.717, 1.165) is 5.69 Å². The molecular weight excluding hydrogens is 278 g/mol. The van der Waals surface area contributed by atoms with Crippen molar-refractivity contribution >= 4 is 15.5 Å². The first kappa shape index (κ1) is 15.3. The van der Waals surface area contributed by atoms with Crippen molar-refractivity contribution in [3.8, 4) is 0 Å². The summed E-state index contributed by atoms with van der Waals surface area (Å²) in [5.41, 5.74) is 0.0619. The van der Waals surface area contributed by atoms with E-state index < -0.39 is 15.4 Å². The van der Waals surface area contributed by atoms with Gasteiger partial charge in [-0.15, -0.1) is 0 Å². The molecule has 0 bridgehead atoms. The molecule has 112 valence electrons. The Hall–Kier alpha value is -1.11. The van der Waals surface area contributed by atoms with Crippen molar-refractivity contribution in [1.82, 2.24) is 0 Å². The lowest BCUT2D eigenvalue weighted by atomic mass is 9.94. The largest absolute Gasteiger partial charge is 0.388 e. The zero-order valence-corrected chi connectivity index (χ0v) is 12.4. The maximum Gasteiger partial charge on any atom is 0.178 e. The van der Waals surface area contributed by atoms with Gasteiger partial charge in [-0.05, 0) is 24.3 Å². The molecule has 1 heterocycles. The van der Waals surface area contributed by atoms with E-state index in [1.165, 1.54) is 0 Å². The summed E-state index contributed by atoms with van der Waals surface area (Å²) in [6.45, 7) is 3.22. The summed E-state index contributed by atoms with van der Waals surface area (Å²) in [4.78, 5) is 0.329. The molecule has 20 heavy (non-hydrogen) atoms. The summed E-state index contributed by atoms with van der Waals surface area (Å²) < 4.78 is 28.6. The molecule has 0 atom stereocenters. The van der Waals surface area contributed by atoms with Crippen molar-refractivity contribution < 1.29 is 18.3 Å². The Morgan fingerprint density at radius 1 is 1.25 bits per heavy atom. The van der Waals surface area contributed by atoms with Crippen LogP contribution in [0.3, 0.4) is 0 Å². The molecule has 0 radical (unpaired) electrons. The van der Waals surface area contributed by atoms with Gasteiger partial charge < -0.3 is 15.2 Å². The minimum absolute atomic E-state index is 0.0968. The summed E-state index contributed by atoms with van der Waals surface area (Å²) in [7, 11) is -3.16. The zero-order chi connectivity index (χ0) is 14.6. The van der Waals surface area contributed by atoms with Gasteiger partial charge in [-0.25, -0.2) is 8.42 Å². The van der Waals surface area contributed by atoms with E-state index in [-0.39, 0.29) is 5.75 Å². The molecule has 0 spiro atoms. The van der Waals surface area contributed by atoms with Crippen LogP contribution in [0.4, 0.5) is 5.69 Å². The fraction of sp³-hybridized carbons (Fsp3) is 0.571. The molecule has 1 aromatic carbocycles. The molecule has 0 unspecified atom stereocenters. The van der Waals surface area contributed by atoms with Crippen LogP contribution < -0.4 is 5.32 Å². The van der Waals surface area contributed by atoms with Gasteiger partial charge in [0.2, 0.25) is 0 Å². The highest BCUT2D eigenvalue weighted by Gasteiger charge is 2.29. The van der Waals surface area contributed by atoms with E-state index in [0.29, 0.717) is 37.5 Å². The maximum atomic E-state index is 11.7. The fourth-order valence-corrected chi connectivity index (χ4v) is 3.03. The third-order valence-corrected chi connectivity index (χ3v) is 5.39. The van der Waals surface area contributed by atoms with Crippen LogP contribution in [0.1, 0.15) is 19.8 Å². The molecule has 5 nitrogen and oxygen atoms in total. The molecule has 1 saturated heterocycles. The van der Waals surface area contributed by atoms with Gasteiger partial charge in [0.1, 0.15) is 0 Å². The van der Waals surface area contributed by atoms with E-state index in [9.17, 15) is 13.5 Å². The van der Waals surface area contributed by atoms with E-state index in [4.69, 9.17) is 4.74 Å². The third-order valence-electron chi connectivity index (χ3n) is 3.64. The van der Waals surface area contributed by atoms with Crippen LogP contribution in [0.5, 0.6) is 0 Å². The highest BCUT2D eigenvalue weighted by Crippen LogP contribution is 2.22. The second-order valence-corrected chi connectivity index (χ2v) is 7.40. The lowest BCUT2D eigenvalue weighted by Crippen LogP contribution is -2.42. The molecule has 1 aromatic rings. The average Bonchev–Trinajstić information content (AvgIpc) is 2.46. The Morgan fingerprint density at radius 3 is 2.40 bits per heavy atom. The van der Waals surface area contributed by atoms with Gasteiger partial charge in [0.05, 0.1) is 16.2 Å². The summed E-state index contributed by atoms with van der Waals surface area (Å²) >= 11 is 0. The van der Waals surface area contributed by atoms with Gasteiger partial charge in [-0.1, -0.05) is 6.92 Å². The second-order valence-electron chi connectivity index (χ2n) is 5.12. The quantitative estimate of drug-likeness (QED) is 0.860. The first-order valence-electron chi connectivity index (χ1n) is 6.82. The molecule has 0 aromatic heterocycles. The normalized spacial score (nSPS) is 18.7. The van der Waals surface area contributed by atoms with Crippen molar-refractivity contribution in [2.75, 3.05) is 30.8 Å². The molecule has 6 heteroatoms. The number of hydrogen-bond acceptors (Lipinski definition) is 5. The Labute approximate surface area is 119 Å². The average molecular weight is 299 g/mol. The highest BCUT2D eigenvalue weighted by molar-refractivity contribution is 7.91. The predicted octanol–water partition coefficient (Wildman–Crippen LogP) is 1.43. The highest BCUT2D eigenvalue weighted by atomic mass is 32.2. The fourth-order valence-electron chi connectivity index (χ4n) is 2.14. The summed E-state index contributed by atoms with van der Waals surface area (Å²) in [5.74, 6) is 0.0968. The summed E-state index contributed by atoms with van der Waals surface area (Å²) in [5, 5.41) is 13.5. The van der Waals surface area contributed by atoms with Crippen molar-refractivity contribution in [2.45, 2.75) is 30.3 Å². The van der Waals surface area contributed by atoms with Gasteiger partial charge in [0.15, 0.2) is 9.84 Å². The van der Waals surface area contributed by atoms with Crippen molar-refractivity contribution in [2.24, 2.45) is 0 Å². The van der Waals surface area contributed by atoms with Crippen LogP contribution >= 0.6 is 0 Å². The van der Waals surface area contributed by atoms with Crippen LogP contribution in [-0.4, -0.2) is 44.6 Å². The van der Waals surface area contributed by atoms with Gasteiger partial charge in [-0.3, -0.25) is 0 Å². The van der Waals surface area contributed by atoms with E-state index in [2.05, 4.69) is 5.32 Å². The molecule has 1 fully saturated rings. The molecule has 2 rings (SSSR count). The lowest BCUT2D eigenvalue weighted by molar-refractivity contribution is -0.0543. The molecule has 0 aliphatic carbocycles. The Balaban J connectivity index is 1.97. The van der Waals surface area contributed by atoms with Crippen molar-refractivity contribution in [3.05, 3.63) is 24.3 Å². The Morgan fingerprint density at radius 2 is 1.85 bits per heavy atom. The smallest absolute Gasteiger partial charge is 0.178 e. The molecule has 0 amide bonds. The van der Waals surface area contributed by atoms with Crippen LogP contribution in [0.15, 0.2) is 29.2 Å². The molecule has 2 N–H and O–H groups in total. The maximum absolute atomic E-state index is 11.7. The van der Waals surface area contributed by atoms with Crippen molar-refractivity contribution in [1.29, 1.82) is 0 Å². The molecule has 1 aliphatic rings. The number of anilines is 1. The third kappa shape index (κ3) is 3.71. The van der Waals surface area contributed by atoms with Gasteiger partial charge in [-0.2, -0.15) is 0 Å². The SMILES string of the molecule is CCS(=O)(=O)c1ccc(NCC2(O)CCOCC2)cc1. The van der Waals surface area contributed by atoms with E-state index in [1.807, 2.05) is 0 Å². The second kappa shape index (κ2) is 6.11. The molecule has 0 saturated carbocycles. The minimum Gasteiger partial charge on any atom is -0.388 e. The van der Waals surface area contributed by atoms with Crippen LogP contribution in [0, 0.1) is 0 Å². The number of rotatable bonds is 5. The number of sulfone groups is 1. The zero-order valence-electron chi connectivity index (χ0n) is 11.6. The lowest BCUT2D eigenvalue weighted by Gasteiger charge is -2.32. The minimum atomic E-state index is -3.16. The van der Waals surface area contributed by atoms with Crippen LogP contribution in [-0.2, 0) is 14.6 Å². The summed E-state index contributed by atoms with van der Waals surface area (Å²) in [6.07, 6.45) is 1.23. The van der Waals surface area contributed by atoms with Gasteiger partial charge >= 0.3 is 0 Å². The van der Waals surface area contributed by atoms with Crippen LogP contribution in [0.2, 0.25) is 0 Å². The predicted molar refractivity (Wildman–Crippen MR) is 77.7 cm³/mol. The number of hydrogen-bond donors (Lipinski definition) is 2. The Bertz CT molecular complexity index is 533. The summed E-state index contributed by atoms with van der Waals surface area (Å²) in [6, 6.07) is 6.64. The van der Waals surface area contributed by atoms with E-state index >= 15 is 0 Å². The number of nitrogens with one attached hydrogen (secondary N) is 1. The monoisotopic (exact) mass is 299 g/mol.